The third-order valence-electron chi connectivity index (χ3n) is 5.70. The molecule has 0 fully saturated rings. The lowest BCUT2D eigenvalue weighted by Crippen LogP contribution is -2.00. The highest BCUT2D eigenvalue weighted by Crippen LogP contribution is 2.24. The summed E-state index contributed by atoms with van der Waals surface area (Å²) in [5.41, 5.74) is 14.0. The second kappa shape index (κ2) is 7.50. The first kappa shape index (κ1) is 18.5. The molecule has 0 amide bonds. The third-order valence-corrected chi connectivity index (χ3v) is 5.70. The molecule has 3 aromatic carbocycles. The van der Waals surface area contributed by atoms with E-state index in [1.54, 1.807) is 0 Å². The lowest BCUT2D eigenvalue weighted by atomic mass is 9.90. The van der Waals surface area contributed by atoms with Gasteiger partial charge in [-0.15, -0.1) is 0 Å². The van der Waals surface area contributed by atoms with Crippen molar-refractivity contribution in [2.45, 2.75) is 54.4 Å². The molecule has 0 nitrogen and oxygen atoms in total. The van der Waals surface area contributed by atoms with Crippen molar-refractivity contribution >= 4 is 0 Å². The minimum Gasteiger partial charge on any atom is -0.0590 e. The van der Waals surface area contributed by atoms with Gasteiger partial charge in [0.1, 0.15) is 0 Å². The van der Waals surface area contributed by atoms with Gasteiger partial charge < -0.3 is 0 Å². The van der Waals surface area contributed by atoms with Gasteiger partial charge in [0.2, 0.25) is 0 Å². The summed E-state index contributed by atoms with van der Waals surface area (Å²) < 4.78 is 0. The van der Waals surface area contributed by atoms with Crippen molar-refractivity contribution in [3.8, 4) is 0 Å². The van der Waals surface area contributed by atoms with Gasteiger partial charge in [-0.05, 0) is 104 Å². The minimum absolute atomic E-state index is 1.00. The summed E-state index contributed by atoms with van der Waals surface area (Å²) in [5.74, 6) is 0. The maximum atomic E-state index is 2.42. The molecule has 0 saturated carbocycles. The van der Waals surface area contributed by atoms with Gasteiger partial charge in [0.25, 0.3) is 0 Å². The van der Waals surface area contributed by atoms with E-state index in [-0.39, 0.29) is 0 Å². The van der Waals surface area contributed by atoms with Gasteiger partial charge in [0.05, 0.1) is 0 Å². The number of rotatable bonds is 4. The fourth-order valence-corrected chi connectivity index (χ4v) is 3.64. The fourth-order valence-electron chi connectivity index (χ4n) is 3.64. The summed E-state index contributed by atoms with van der Waals surface area (Å²) in [5, 5.41) is 0. The monoisotopic (exact) mass is 342 g/mol. The lowest BCUT2D eigenvalue weighted by molar-refractivity contribution is 1.07. The summed E-state index contributed by atoms with van der Waals surface area (Å²) >= 11 is 0. The Morgan fingerprint density at radius 3 is 1.92 bits per heavy atom. The first-order chi connectivity index (χ1) is 12.3. The molecule has 3 aromatic rings. The van der Waals surface area contributed by atoms with Gasteiger partial charge in [0, 0.05) is 0 Å². The summed E-state index contributed by atoms with van der Waals surface area (Å²) in [6.45, 7) is 13.3. The first-order valence-electron chi connectivity index (χ1n) is 9.54. The lowest BCUT2D eigenvalue weighted by Gasteiger charge is -2.15. The van der Waals surface area contributed by atoms with E-state index >= 15 is 0 Å². The molecule has 0 unspecified atom stereocenters. The summed E-state index contributed by atoms with van der Waals surface area (Å²) in [7, 11) is 0. The van der Waals surface area contributed by atoms with Gasteiger partial charge >= 0.3 is 0 Å². The van der Waals surface area contributed by atoms with Crippen molar-refractivity contribution < 1.29 is 0 Å². The second-order valence-electron chi connectivity index (χ2n) is 7.90. The van der Waals surface area contributed by atoms with Crippen LogP contribution < -0.4 is 0 Å². The molecule has 0 heteroatoms. The van der Waals surface area contributed by atoms with Crippen LogP contribution in [0.25, 0.3) is 0 Å². The number of hydrogen-bond acceptors (Lipinski definition) is 0. The van der Waals surface area contributed by atoms with E-state index in [0.29, 0.717) is 0 Å². The van der Waals surface area contributed by atoms with E-state index in [9.17, 15) is 0 Å². The van der Waals surface area contributed by atoms with Crippen LogP contribution in [0.1, 0.15) is 55.6 Å². The normalized spacial score (nSPS) is 11.0. The molecule has 0 aliphatic heterocycles. The van der Waals surface area contributed by atoms with Crippen LogP contribution in [0.15, 0.2) is 48.5 Å². The Bertz CT molecular complexity index is 944. The Kier molecular flexibility index (Phi) is 5.32. The average Bonchev–Trinajstić information content (AvgIpc) is 2.59. The molecule has 0 saturated heterocycles. The van der Waals surface area contributed by atoms with Crippen LogP contribution in [0, 0.1) is 41.5 Å². The minimum atomic E-state index is 1.00. The summed E-state index contributed by atoms with van der Waals surface area (Å²) in [6, 6.07) is 18.4. The van der Waals surface area contributed by atoms with Crippen molar-refractivity contribution in [3.05, 3.63) is 104 Å². The predicted molar refractivity (Wildman–Crippen MR) is 113 cm³/mol. The van der Waals surface area contributed by atoms with Crippen LogP contribution in [0.2, 0.25) is 0 Å². The van der Waals surface area contributed by atoms with E-state index in [4.69, 9.17) is 0 Å². The third kappa shape index (κ3) is 4.07. The predicted octanol–water partition coefficient (Wildman–Crippen LogP) is 6.72. The van der Waals surface area contributed by atoms with Crippen molar-refractivity contribution in [1.82, 2.24) is 0 Å². The standard InChI is InChI=1S/C26H30/c1-17-7-8-19(3)25(11-17)16-26-15-24(13-21(5)22(26)6)14-23-10-9-18(2)20(4)12-23/h7-13,15H,14,16H2,1-6H3. The van der Waals surface area contributed by atoms with E-state index in [0.717, 1.165) is 12.8 Å². The molecule has 3 rings (SSSR count). The molecule has 0 bridgehead atoms. The first-order valence-corrected chi connectivity index (χ1v) is 9.54. The SMILES string of the molecule is Cc1ccc(C)c(Cc2cc(Cc3ccc(C)c(C)c3)cc(C)c2C)c1. The van der Waals surface area contributed by atoms with Crippen LogP contribution in [-0.4, -0.2) is 0 Å². The molecule has 0 radical (unpaired) electrons. The zero-order valence-corrected chi connectivity index (χ0v) is 17.0. The Balaban J connectivity index is 1.94. The highest BCUT2D eigenvalue weighted by Gasteiger charge is 2.09. The molecule has 0 aromatic heterocycles. The molecule has 0 atom stereocenters. The van der Waals surface area contributed by atoms with Crippen molar-refractivity contribution in [3.63, 3.8) is 0 Å². The molecule has 0 aliphatic carbocycles. The highest BCUT2D eigenvalue weighted by molar-refractivity contribution is 5.44. The van der Waals surface area contributed by atoms with Crippen molar-refractivity contribution in [1.29, 1.82) is 0 Å². The maximum absolute atomic E-state index is 2.42. The van der Waals surface area contributed by atoms with Gasteiger partial charge in [-0.2, -0.15) is 0 Å². The Hall–Kier alpha value is -2.34. The van der Waals surface area contributed by atoms with Crippen LogP contribution in [0.5, 0.6) is 0 Å². The molecular weight excluding hydrogens is 312 g/mol. The van der Waals surface area contributed by atoms with Crippen LogP contribution in [-0.2, 0) is 12.8 Å². The van der Waals surface area contributed by atoms with E-state index in [1.807, 2.05) is 0 Å². The van der Waals surface area contributed by atoms with Gasteiger partial charge in [-0.3, -0.25) is 0 Å². The molecule has 26 heavy (non-hydrogen) atoms. The summed E-state index contributed by atoms with van der Waals surface area (Å²) in [4.78, 5) is 0. The zero-order chi connectivity index (χ0) is 18.8. The quantitative estimate of drug-likeness (QED) is 0.494. The topological polar surface area (TPSA) is 0 Å². The van der Waals surface area contributed by atoms with Gasteiger partial charge in [0.15, 0.2) is 0 Å². The Labute approximate surface area is 158 Å². The van der Waals surface area contributed by atoms with Crippen LogP contribution >= 0.6 is 0 Å². The molecule has 0 aliphatic rings. The Morgan fingerprint density at radius 1 is 0.500 bits per heavy atom. The van der Waals surface area contributed by atoms with Crippen LogP contribution in [0.3, 0.4) is 0 Å². The maximum Gasteiger partial charge on any atom is -0.00202 e. The summed E-state index contributed by atoms with van der Waals surface area (Å²) in [6.07, 6.45) is 2.02. The van der Waals surface area contributed by atoms with Crippen molar-refractivity contribution in [2.75, 3.05) is 0 Å². The molecule has 0 spiro atoms. The molecular formula is C26H30. The Morgan fingerprint density at radius 2 is 1.19 bits per heavy atom. The van der Waals surface area contributed by atoms with Gasteiger partial charge in [-0.25, -0.2) is 0 Å². The molecule has 0 N–H and O–H groups in total. The van der Waals surface area contributed by atoms with Gasteiger partial charge in [-0.1, -0.05) is 54.1 Å². The van der Waals surface area contributed by atoms with Crippen molar-refractivity contribution in [2.24, 2.45) is 0 Å². The van der Waals surface area contributed by atoms with E-state index in [2.05, 4.69) is 90.1 Å². The number of hydrogen-bond donors (Lipinski definition) is 0. The van der Waals surface area contributed by atoms with E-state index < -0.39 is 0 Å². The molecule has 134 valence electrons. The zero-order valence-electron chi connectivity index (χ0n) is 17.0. The average molecular weight is 343 g/mol. The number of aryl methyl sites for hydroxylation is 5. The van der Waals surface area contributed by atoms with E-state index in [1.165, 1.54) is 55.6 Å². The fraction of sp³-hybridized carbons (Fsp3) is 0.308. The van der Waals surface area contributed by atoms with Crippen LogP contribution in [0.4, 0.5) is 0 Å². The molecule has 0 heterocycles. The smallest absolute Gasteiger partial charge is 0.00202 e. The largest absolute Gasteiger partial charge is 0.0590 e. The second-order valence-corrected chi connectivity index (χ2v) is 7.90. The number of benzene rings is 3. The highest BCUT2D eigenvalue weighted by atomic mass is 14.1.